The monoisotopic (exact) mass is 236 g/mol. The lowest BCUT2D eigenvalue weighted by Crippen LogP contribution is -2.35. The van der Waals surface area contributed by atoms with Gasteiger partial charge in [0.2, 0.25) is 0 Å². The number of rotatable bonds is 3. The van der Waals surface area contributed by atoms with Crippen LogP contribution in [0, 0.1) is 12.3 Å². The largest absolute Gasteiger partial charge is 0.334 e. The second kappa shape index (κ2) is 6.04. The molecule has 4 heteroatoms. The lowest BCUT2D eigenvalue weighted by Gasteiger charge is -2.12. The van der Waals surface area contributed by atoms with Crippen LogP contribution < -0.4 is 10.6 Å². The standard InChI is InChI=1S/C12H13ClN2O/c1-3-4-9(2)14-12(16)15-11-7-5-10(13)6-8-11/h1,5-9H,4H2,2H3,(H2,14,15,16). The number of amides is 2. The molecule has 1 unspecified atom stereocenters. The zero-order chi connectivity index (χ0) is 12.0. The average molecular weight is 237 g/mol. The normalized spacial score (nSPS) is 11.3. The Morgan fingerprint density at radius 3 is 2.69 bits per heavy atom. The summed E-state index contributed by atoms with van der Waals surface area (Å²) in [5.74, 6) is 2.48. The number of nitrogens with one attached hydrogen (secondary N) is 2. The highest BCUT2D eigenvalue weighted by atomic mass is 35.5. The first-order valence-corrected chi connectivity index (χ1v) is 5.26. The molecule has 0 saturated heterocycles. The predicted molar refractivity (Wildman–Crippen MR) is 66.5 cm³/mol. The molecule has 0 aromatic heterocycles. The molecule has 2 N–H and O–H groups in total. The smallest absolute Gasteiger partial charge is 0.319 e. The minimum atomic E-state index is -0.273. The summed E-state index contributed by atoms with van der Waals surface area (Å²) in [6.45, 7) is 1.85. The van der Waals surface area contributed by atoms with Gasteiger partial charge in [0.05, 0.1) is 0 Å². The number of anilines is 1. The van der Waals surface area contributed by atoms with Gasteiger partial charge in [0.1, 0.15) is 0 Å². The van der Waals surface area contributed by atoms with Crippen molar-refractivity contribution in [2.24, 2.45) is 0 Å². The quantitative estimate of drug-likeness (QED) is 0.779. The van der Waals surface area contributed by atoms with Crippen molar-refractivity contribution in [1.29, 1.82) is 0 Å². The van der Waals surface area contributed by atoms with E-state index in [2.05, 4.69) is 16.6 Å². The van der Waals surface area contributed by atoms with E-state index in [9.17, 15) is 4.79 Å². The van der Waals surface area contributed by atoms with Crippen LogP contribution in [0.3, 0.4) is 0 Å². The Bertz CT molecular complexity index is 394. The molecule has 0 radical (unpaired) electrons. The lowest BCUT2D eigenvalue weighted by atomic mass is 10.2. The van der Waals surface area contributed by atoms with Crippen LogP contribution >= 0.6 is 11.6 Å². The molecular formula is C12H13ClN2O. The number of terminal acetylenes is 1. The highest BCUT2D eigenvalue weighted by Gasteiger charge is 2.05. The first-order chi connectivity index (χ1) is 7.61. The molecule has 0 aliphatic heterocycles. The molecule has 3 nitrogen and oxygen atoms in total. The van der Waals surface area contributed by atoms with E-state index in [1.807, 2.05) is 6.92 Å². The van der Waals surface area contributed by atoms with Crippen molar-refractivity contribution in [1.82, 2.24) is 5.32 Å². The van der Waals surface area contributed by atoms with Crippen molar-refractivity contribution < 1.29 is 4.79 Å². The molecule has 0 saturated carbocycles. The maximum Gasteiger partial charge on any atom is 0.319 e. The van der Waals surface area contributed by atoms with Crippen molar-refractivity contribution in [3.05, 3.63) is 29.3 Å². The summed E-state index contributed by atoms with van der Waals surface area (Å²) in [5.41, 5.74) is 0.690. The van der Waals surface area contributed by atoms with Gasteiger partial charge in [0.25, 0.3) is 0 Å². The van der Waals surface area contributed by atoms with E-state index in [1.165, 1.54) is 0 Å². The minimum Gasteiger partial charge on any atom is -0.334 e. The summed E-state index contributed by atoms with van der Waals surface area (Å²) < 4.78 is 0. The molecule has 1 aromatic rings. The molecule has 16 heavy (non-hydrogen) atoms. The van der Waals surface area contributed by atoms with Crippen molar-refractivity contribution in [3.63, 3.8) is 0 Å². The maximum atomic E-state index is 11.5. The SMILES string of the molecule is C#CCC(C)NC(=O)Nc1ccc(Cl)cc1. The van der Waals surface area contributed by atoms with E-state index in [-0.39, 0.29) is 12.1 Å². The van der Waals surface area contributed by atoms with Crippen LogP contribution in [0.2, 0.25) is 5.02 Å². The molecule has 1 aromatic carbocycles. The number of carbonyl (C=O) groups is 1. The summed E-state index contributed by atoms with van der Waals surface area (Å²) in [4.78, 5) is 11.5. The van der Waals surface area contributed by atoms with Crippen LogP contribution in [-0.4, -0.2) is 12.1 Å². The molecular weight excluding hydrogens is 224 g/mol. The number of carbonyl (C=O) groups excluding carboxylic acids is 1. The van der Waals surface area contributed by atoms with Crippen molar-refractivity contribution in [2.45, 2.75) is 19.4 Å². The summed E-state index contributed by atoms with van der Waals surface area (Å²) in [5, 5.41) is 6.03. The van der Waals surface area contributed by atoms with Gasteiger partial charge < -0.3 is 10.6 Å². The fourth-order valence-electron chi connectivity index (χ4n) is 1.15. The Morgan fingerprint density at radius 1 is 1.50 bits per heavy atom. The van der Waals surface area contributed by atoms with E-state index < -0.39 is 0 Å². The summed E-state index contributed by atoms with van der Waals surface area (Å²) >= 11 is 5.72. The molecule has 0 fully saturated rings. The Labute approximate surface area is 100 Å². The van der Waals surface area contributed by atoms with Gasteiger partial charge >= 0.3 is 6.03 Å². The zero-order valence-electron chi connectivity index (χ0n) is 8.96. The topological polar surface area (TPSA) is 41.1 Å². The van der Waals surface area contributed by atoms with Crippen LogP contribution in [0.25, 0.3) is 0 Å². The molecule has 1 atom stereocenters. The van der Waals surface area contributed by atoms with Crippen LogP contribution in [0.5, 0.6) is 0 Å². The predicted octanol–water partition coefficient (Wildman–Crippen LogP) is 2.87. The molecule has 0 heterocycles. The third-order valence-electron chi connectivity index (χ3n) is 1.90. The molecule has 0 aliphatic carbocycles. The number of hydrogen-bond donors (Lipinski definition) is 2. The van der Waals surface area contributed by atoms with Crippen LogP contribution in [0.15, 0.2) is 24.3 Å². The Balaban J connectivity index is 2.46. The van der Waals surface area contributed by atoms with Gasteiger partial charge in [-0.25, -0.2) is 4.79 Å². The first-order valence-electron chi connectivity index (χ1n) is 4.88. The van der Waals surface area contributed by atoms with Gasteiger partial charge in [-0.2, -0.15) is 0 Å². The van der Waals surface area contributed by atoms with E-state index in [4.69, 9.17) is 18.0 Å². The number of halogens is 1. The van der Waals surface area contributed by atoms with Gasteiger partial charge in [-0.1, -0.05) is 11.6 Å². The second-order valence-corrected chi connectivity index (χ2v) is 3.85. The van der Waals surface area contributed by atoms with Crippen LogP contribution in [0.1, 0.15) is 13.3 Å². The number of urea groups is 1. The number of hydrogen-bond acceptors (Lipinski definition) is 1. The van der Waals surface area contributed by atoms with Crippen LogP contribution in [0.4, 0.5) is 10.5 Å². The summed E-state index contributed by atoms with van der Waals surface area (Å²) in [6.07, 6.45) is 5.65. The molecule has 0 bridgehead atoms. The van der Waals surface area contributed by atoms with Crippen molar-refractivity contribution >= 4 is 23.3 Å². The average Bonchev–Trinajstić information content (AvgIpc) is 2.21. The Morgan fingerprint density at radius 2 is 2.12 bits per heavy atom. The van der Waals surface area contributed by atoms with Crippen molar-refractivity contribution in [3.8, 4) is 12.3 Å². The van der Waals surface area contributed by atoms with Gasteiger partial charge in [-0.3, -0.25) is 0 Å². The third-order valence-corrected chi connectivity index (χ3v) is 2.16. The van der Waals surface area contributed by atoms with Gasteiger partial charge in [0.15, 0.2) is 0 Å². The van der Waals surface area contributed by atoms with Gasteiger partial charge in [-0.15, -0.1) is 12.3 Å². The number of benzene rings is 1. The summed E-state index contributed by atoms with van der Waals surface area (Å²) in [7, 11) is 0. The fourth-order valence-corrected chi connectivity index (χ4v) is 1.28. The van der Waals surface area contributed by atoms with E-state index in [0.717, 1.165) is 0 Å². The molecule has 84 valence electrons. The van der Waals surface area contributed by atoms with E-state index >= 15 is 0 Å². The maximum absolute atomic E-state index is 11.5. The van der Waals surface area contributed by atoms with Crippen molar-refractivity contribution in [2.75, 3.05) is 5.32 Å². The van der Waals surface area contributed by atoms with E-state index in [1.54, 1.807) is 24.3 Å². The molecule has 0 aliphatic rings. The zero-order valence-corrected chi connectivity index (χ0v) is 9.71. The lowest BCUT2D eigenvalue weighted by molar-refractivity contribution is 0.249. The minimum absolute atomic E-state index is 0.0442. The Hall–Kier alpha value is -1.66. The first kappa shape index (κ1) is 12.4. The van der Waals surface area contributed by atoms with Gasteiger partial charge in [-0.05, 0) is 31.2 Å². The molecule has 0 spiro atoms. The second-order valence-electron chi connectivity index (χ2n) is 3.41. The fraction of sp³-hybridized carbons (Fsp3) is 0.250. The highest BCUT2D eigenvalue weighted by Crippen LogP contribution is 2.13. The third kappa shape index (κ3) is 4.24. The van der Waals surface area contributed by atoms with Gasteiger partial charge in [0, 0.05) is 23.2 Å². The highest BCUT2D eigenvalue weighted by molar-refractivity contribution is 6.30. The Kier molecular flexibility index (Phi) is 4.68. The summed E-state index contributed by atoms with van der Waals surface area (Å²) in [6, 6.07) is 6.56. The van der Waals surface area contributed by atoms with Crippen LogP contribution in [-0.2, 0) is 0 Å². The van der Waals surface area contributed by atoms with E-state index in [0.29, 0.717) is 17.1 Å². The molecule has 1 rings (SSSR count). The molecule has 2 amide bonds.